The number of ether oxygens (including phenoxy) is 1. The molecule has 1 aromatic rings. The second kappa shape index (κ2) is 5.24. The standard InChI is InChI=1S/C13H21N5O2/c1-12(2,3)20-11(19)18-13(5-7-15-8-13)9-4-6-16-10(14)17-9/h4,6,15H,5,7-8H2,1-3H3,(H,18,19)(H2,14,16,17)/t13-/m0/s1. The number of nitrogens with zero attached hydrogens (tertiary/aromatic N) is 2. The molecule has 7 heteroatoms. The van der Waals surface area contributed by atoms with Crippen LogP contribution >= 0.6 is 0 Å². The maximum absolute atomic E-state index is 12.0. The zero-order valence-corrected chi connectivity index (χ0v) is 12.1. The van der Waals surface area contributed by atoms with Crippen molar-refractivity contribution in [3.05, 3.63) is 18.0 Å². The van der Waals surface area contributed by atoms with Crippen LogP contribution in [0.1, 0.15) is 32.9 Å². The van der Waals surface area contributed by atoms with Crippen molar-refractivity contribution >= 4 is 12.0 Å². The molecule has 1 aromatic heterocycles. The molecule has 1 fully saturated rings. The lowest BCUT2D eigenvalue weighted by atomic mass is 9.94. The highest BCUT2D eigenvalue weighted by molar-refractivity contribution is 5.69. The molecule has 1 atom stereocenters. The Hall–Kier alpha value is -1.89. The molecule has 20 heavy (non-hydrogen) atoms. The van der Waals surface area contributed by atoms with Gasteiger partial charge in [-0.25, -0.2) is 14.8 Å². The van der Waals surface area contributed by atoms with E-state index in [9.17, 15) is 4.79 Å². The highest BCUT2D eigenvalue weighted by Gasteiger charge is 2.39. The Bertz CT molecular complexity index is 492. The van der Waals surface area contributed by atoms with Gasteiger partial charge in [-0.2, -0.15) is 0 Å². The maximum Gasteiger partial charge on any atom is 0.408 e. The largest absolute Gasteiger partial charge is 0.444 e. The van der Waals surface area contributed by atoms with Crippen molar-refractivity contribution in [2.24, 2.45) is 0 Å². The topological polar surface area (TPSA) is 102 Å². The van der Waals surface area contributed by atoms with Crippen molar-refractivity contribution in [1.29, 1.82) is 0 Å². The Labute approximate surface area is 118 Å². The number of carbonyl (C=O) groups excluding carboxylic acids is 1. The average Bonchev–Trinajstić information content (AvgIpc) is 2.76. The predicted molar refractivity (Wildman–Crippen MR) is 75.0 cm³/mol. The van der Waals surface area contributed by atoms with Gasteiger partial charge in [0, 0.05) is 12.7 Å². The van der Waals surface area contributed by atoms with Crippen LogP contribution in [0.15, 0.2) is 12.3 Å². The number of alkyl carbamates (subject to hydrolysis) is 1. The molecule has 1 saturated heterocycles. The van der Waals surface area contributed by atoms with Gasteiger partial charge in [-0.05, 0) is 39.8 Å². The van der Waals surface area contributed by atoms with E-state index >= 15 is 0 Å². The lowest BCUT2D eigenvalue weighted by Crippen LogP contribution is -2.49. The molecule has 4 N–H and O–H groups in total. The summed E-state index contributed by atoms with van der Waals surface area (Å²) in [6, 6.07) is 1.76. The molecule has 1 aliphatic rings. The number of carbonyl (C=O) groups is 1. The Balaban J connectivity index is 2.20. The molecule has 2 heterocycles. The number of rotatable bonds is 2. The molecule has 1 amide bonds. The Morgan fingerprint density at radius 2 is 2.30 bits per heavy atom. The lowest BCUT2D eigenvalue weighted by molar-refractivity contribution is 0.0458. The van der Waals surface area contributed by atoms with Gasteiger partial charge in [-0.15, -0.1) is 0 Å². The first-order valence-electron chi connectivity index (χ1n) is 6.62. The first-order valence-corrected chi connectivity index (χ1v) is 6.62. The van der Waals surface area contributed by atoms with E-state index in [2.05, 4.69) is 20.6 Å². The van der Waals surface area contributed by atoms with Crippen LogP contribution in [0.25, 0.3) is 0 Å². The highest BCUT2D eigenvalue weighted by atomic mass is 16.6. The second-order valence-electron chi connectivity index (χ2n) is 5.94. The minimum absolute atomic E-state index is 0.194. The minimum Gasteiger partial charge on any atom is -0.444 e. The molecular formula is C13H21N5O2. The Morgan fingerprint density at radius 1 is 1.55 bits per heavy atom. The fourth-order valence-corrected chi connectivity index (χ4v) is 2.22. The highest BCUT2D eigenvalue weighted by Crippen LogP contribution is 2.27. The van der Waals surface area contributed by atoms with Gasteiger partial charge in [0.05, 0.1) is 11.2 Å². The Morgan fingerprint density at radius 3 is 2.85 bits per heavy atom. The summed E-state index contributed by atoms with van der Waals surface area (Å²) >= 11 is 0. The molecule has 0 bridgehead atoms. The lowest BCUT2D eigenvalue weighted by Gasteiger charge is -2.30. The van der Waals surface area contributed by atoms with Gasteiger partial charge in [0.2, 0.25) is 5.95 Å². The maximum atomic E-state index is 12.0. The molecular weight excluding hydrogens is 258 g/mol. The number of aromatic nitrogens is 2. The van der Waals surface area contributed by atoms with Crippen LogP contribution in [0.4, 0.5) is 10.7 Å². The van der Waals surface area contributed by atoms with Gasteiger partial charge in [0.1, 0.15) is 5.60 Å². The van der Waals surface area contributed by atoms with Gasteiger partial charge in [0.25, 0.3) is 0 Å². The van der Waals surface area contributed by atoms with E-state index < -0.39 is 17.2 Å². The summed E-state index contributed by atoms with van der Waals surface area (Å²) in [5.41, 5.74) is 5.19. The third kappa shape index (κ3) is 3.36. The van der Waals surface area contributed by atoms with E-state index in [1.165, 1.54) is 0 Å². The normalized spacial score (nSPS) is 22.6. The summed E-state index contributed by atoms with van der Waals surface area (Å²) in [4.78, 5) is 20.2. The molecule has 0 spiro atoms. The summed E-state index contributed by atoms with van der Waals surface area (Å²) in [5, 5.41) is 6.15. The minimum atomic E-state index is -0.598. The number of nitrogens with one attached hydrogen (secondary N) is 2. The molecule has 0 aromatic carbocycles. The third-order valence-electron chi connectivity index (χ3n) is 3.06. The summed E-state index contributed by atoms with van der Waals surface area (Å²) < 4.78 is 5.32. The van der Waals surface area contributed by atoms with E-state index in [-0.39, 0.29) is 5.95 Å². The van der Waals surface area contributed by atoms with E-state index in [1.807, 2.05) is 20.8 Å². The van der Waals surface area contributed by atoms with Crippen molar-refractivity contribution < 1.29 is 9.53 Å². The van der Waals surface area contributed by atoms with Gasteiger partial charge in [-0.1, -0.05) is 0 Å². The summed E-state index contributed by atoms with van der Waals surface area (Å²) in [6.07, 6.45) is 1.86. The van der Waals surface area contributed by atoms with Gasteiger partial charge >= 0.3 is 6.09 Å². The van der Waals surface area contributed by atoms with Crippen LogP contribution < -0.4 is 16.4 Å². The SMILES string of the molecule is CC(C)(C)OC(=O)N[C@@]1(c2ccnc(N)n2)CCNC1. The number of nitrogens with two attached hydrogens (primary N) is 1. The van der Waals surface area contributed by atoms with Crippen LogP contribution in [0.2, 0.25) is 0 Å². The van der Waals surface area contributed by atoms with E-state index in [0.29, 0.717) is 12.2 Å². The van der Waals surface area contributed by atoms with Crippen LogP contribution in [0, 0.1) is 0 Å². The third-order valence-corrected chi connectivity index (χ3v) is 3.06. The van der Waals surface area contributed by atoms with Crippen molar-refractivity contribution in [3.8, 4) is 0 Å². The van der Waals surface area contributed by atoms with Gasteiger partial charge in [0.15, 0.2) is 0 Å². The van der Waals surface area contributed by atoms with Crippen molar-refractivity contribution in [3.63, 3.8) is 0 Å². The quantitative estimate of drug-likeness (QED) is 0.739. The van der Waals surface area contributed by atoms with Gasteiger partial charge < -0.3 is 21.1 Å². The monoisotopic (exact) mass is 279 g/mol. The van der Waals surface area contributed by atoms with Crippen LogP contribution in [0.5, 0.6) is 0 Å². The van der Waals surface area contributed by atoms with Crippen molar-refractivity contribution in [2.45, 2.75) is 38.3 Å². The zero-order valence-electron chi connectivity index (χ0n) is 12.1. The van der Waals surface area contributed by atoms with E-state index in [4.69, 9.17) is 10.5 Å². The van der Waals surface area contributed by atoms with Crippen molar-refractivity contribution in [2.75, 3.05) is 18.8 Å². The van der Waals surface area contributed by atoms with E-state index in [0.717, 1.165) is 13.0 Å². The summed E-state index contributed by atoms with van der Waals surface area (Å²) in [6.45, 7) is 6.86. The molecule has 7 nitrogen and oxygen atoms in total. The smallest absolute Gasteiger partial charge is 0.408 e. The van der Waals surface area contributed by atoms with Crippen LogP contribution in [-0.2, 0) is 10.3 Å². The zero-order chi connectivity index (χ0) is 14.8. The summed E-state index contributed by atoms with van der Waals surface area (Å²) in [5.74, 6) is 0.194. The number of nitrogen functional groups attached to an aromatic ring is 1. The second-order valence-corrected chi connectivity index (χ2v) is 5.94. The average molecular weight is 279 g/mol. The van der Waals surface area contributed by atoms with Gasteiger partial charge in [-0.3, -0.25) is 0 Å². The molecule has 0 saturated carbocycles. The molecule has 0 aliphatic carbocycles. The fraction of sp³-hybridized carbons (Fsp3) is 0.615. The number of hydrogen-bond donors (Lipinski definition) is 3. The number of hydrogen-bond acceptors (Lipinski definition) is 6. The predicted octanol–water partition coefficient (Wildman–Crippen LogP) is 0.772. The summed E-state index contributed by atoms with van der Waals surface area (Å²) in [7, 11) is 0. The first kappa shape index (κ1) is 14.5. The molecule has 0 unspecified atom stereocenters. The fourth-order valence-electron chi connectivity index (χ4n) is 2.22. The van der Waals surface area contributed by atoms with Crippen LogP contribution in [-0.4, -0.2) is 34.8 Å². The van der Waals surface area contributed by atoms with Crippen molar-refractivity contribution in [1.82, 2.24) is 20.6 Å². The molecule has 110 valence electrons. The molecule has 2 rings (SSSR count). The number of anilines is 1. The molecule has 1 aliphatic heterocycles. The first-order chi connectivity index (χ1) is 9.31. The number of amides is 1. The Kier molecular flexibility index (Phi) is 3.80. The van der Waals surface area contributed by atoms with Crippen LogP contribution in [0.3, 0.4) is 0 Å². The molecule has 0 radical (unpaired) electrons. The van der Waals surface area contributed by atoms with E-state index in [1.54, 1.807) is 12.3 Å².